The average Bonchev–Trinajstić information content (AvgIpc) is 2.64. The summed E-state index contributed by atoms with van der Waals surface area (Å²) in [7, 11) is 0. The van der Waals surface area contributed by atoms with Gasteiger partial charge in [0.1, 0.15) is 0 Å². The molecule has 1 fully saturated rings. The maximum atomic E-state index is 11.9. The molecule has 1 N–H and O–H groups in total. The van der Waals surface area contributed by atoms with Gasteiger partial charge in [-0.1, -0.05) is 45.8 Å². The molecule has 0 aromatic rings. The summed E-state index contributed by atoms with van der Waals surface area (Å²) >= 11 is 0. The summed E-state index contributed by atoms with van der Waals surface area (Å²) in [5.41, 5.74) is 0.141. The van der Waals surface area contributed by atoms with Crippen LogP contribution in [-0.4, -0.2) is 22.5 Å². The molecule has 22 heavy (non-hydrogen) atoms. The number of carbonyl (C=O) groups is 1. The van der Waals surface area contributed by atoms with E-state index in [4.69, 9.17) is 0 Å². The summed E-state index contributed by atoms with van der Waals surface area (Å²) in [6.07, 6.45) is 5.91. The number of carboxylic acids is 1. The molecule has 0 aromatic heterocycles. The van der Waals surface area contributed by atoms with Gasteiger partial charge < -0.3 is 5.11 Å². The maximum absolute atomic E-state index is 11.9. The van der Waals surface area contributed by atoms with Crippen LogP contribution in [0, 0.1) is 38.7 Å². The molecule has 2 aliphatic carbocycles. The van der Waals surface area contributed by atoms with Crippen LogP contribution in [0.5, 0.6) is 0 Å². The molecule has 0 bridgehead atoms. The minimum absolute atomic E-state index is 0.0553. The van der Waals surface area contributed by atoms with Gasteiger partial charge in [0.25, 0.3) is 0 Å². The van der Waals surface area contributed by atoms with Gasteiger partial charge in [-0.05, 0) is 36.5 Å². The van der Waals surface area contributed by atoms with Crippen LogP contribution in [0.2, 0.25) is 0 Å². The van der Waals surface area contributed by atoms with E-state index in [-0.39, 0.29) is 17.4 Å². The molecule has 0 spiro atoms. The standard InChI is InChI=1S/C17H27NO4/c1-5-6-11-7-12-9-17(10-18(21)22,13(12)8-11)14(15(19)20)16(2,3)4/h8,12-14H,5-7,9-10H2,1-4H3,(H,19,20)/t12-,13+,14?,17+/m1/s1. The molecule has 1 saturated carbocycles. The van der Waals surface area contributed by atoms with E-state index in [9.17, 15) is 20.0 Å². The van der Waals surface area contributed by atoms with Gasteiger partial charge in [0.15, 0.2) is 0 Å². The number of nitro groups is 1. The topological polar surface area (TPSA) is 80.4 Å². The lowest BCUT2D eigenvalue weighted by Crippen LogP contribution is -2.59. The fraction of sp³-hybridized carbons (Fsp3) is 0.824. The van der Waals surface area contributed by atoms with Crippen molar-refractivity contribution in [2.75, 3.05) is 6.54 Å². The van der Waals surface area contributed by atoms with E-state index in [1.165, 1.54) is 5.57 Å². The fourth-order valence-corrected chi connectivity index (χ4v) is 5.02. The van der Waals surface area contributed by atoms with Gasteiger partial charge in [-0.25, -0.2) is 0 Å². The molecule has 2 aliphatic rings. The third-order valence-electron chi connectivity index (χ3n) is 5.44. The van der Waals surface area contributed by atoms with Crippen LogP contribution in [0.4, 0.5) is 0 Å². The Morgan fingerprint density at radius 1 is 1.55 bits per heavy atom. The highest BCUT2D eigenvalue weighted by molar-refractivity contribution is 5.72. The maximum Gasteiger partial charge on any atom is 0.307 e. The first-order valence-electron chi connectivity index (χ1n) is 8.16. The number of carboxylic acid groups (broad SMARTS) is 1. The van der Waals surface area contributed by atoms with Gasteiger partial charge in [-0.3, -0.25) is 14.9 Å². The molecule has 124 valence electrons. The van der Waals surface area contributed by atoms with E-state index in [1.54, 1.807) is 0 Å². The first-order chi connectivity index (χ1) is 10.1. The third kappa shape index (κ3) is 2.77. The van der Waals surface area contributed by atoms with Crippen molar-refractivity contribution in [1.82, 2.24) is 0 Å². The highest BCUT2D eigenvalue weighted by atomic mass is 16.6. The monoisotopic (exact) mass is 309 g/mol. The van der Waals surface area contributed by atoms with Crippen molar-refractivity contribution in [3.05, 3.63) is 21.8 Å². The Bertz CT molecular complexity index is 505. The average molecular weight is 309 g/mol. The number of aliphatic carboxylic acids is 1. The quantitative estimate of drug-likeness (QED) is 0.460. The largest absolute Gasteiger partial charge is 0.481 e. The minimum atomic E-state index is -0.898. The Kier molecular flexibility index (Phi) is 4.37. The Morgan fingerprint density at radius 3 is 2.64 bits per heavy atom. The molecule has 0 heterocycles. The Hall–Kier alpha value is -1.39. The molecule has 0 saturated heterocycles. The van der Waals surface area contributed by atoms with Gasteiger partial charge in [0, 0.05) is 4.92 Å². The molecule has 4 atom stereocenters. The van der Waals surface area contributed by atoms with Gasteiger partial charge in [0.05, 0.1) is 11.3 Å². The summed E-state index contributed by atoms with van der Waals surface area (Å²) in [4.78, 5) is 22.9. The van der Waals surface area contributed by atoms with Gasteiger partial charge >= 0.3 is 5.97 Å². The van der Waals surface area contributed by atoms with Crippen molar-refractivity contribution in [3.8, 4) is 0 Å². The van der Waals surface area contributed by atoms with Gasteiger partial charge in [-0.15, -0.1) is 0 Å². The van der Waals surface area contributed by atoms with E-state index in [0.717, 1.165) is 19.3 Å². The SMILES string of the molecule is CCCC1=C[C@H]2[C@H](C1)C[C@@]2(C[N+](=O)[O-])C(C(=O)O)C(C)(C)C. The Labute approximate surface area is 131 Å². The highest BCUT2D eigenvalue weighted by Crippen LogP contribution is 2.64. The summed E-state index contributed by atoms with van der Waals surface area (Å²) in [5, 5.41) is 21.0. The number of rotatable bonds is 6. The molecule has 5 heteroatoms. The van der Waals surface area contributed by atoms with E-state index in [0.29, 0.717) is 12.3 Å². The second kappa shape index (κ2) is 5.67. The summed E-state index contributed by atoms with van der Waals surface area (Å²) < 4.78 is 0. The van der Waals surface area contributed by atoms with Crippen LogP contribution >= 0.6 is 0 Å². The van der Waals surface area contributed by atoms with Crippen molar-refractivity contribution >= 4 is 5.97 Å². The number of hydrogen-bond donors (Lipinski definition) is 1. The Balaban J connectivity index is 2.39. The smallest absolute Gasteiger partial charge is 0.307 e. The van der Waals surface area contributed by atoms with Crippen LogP contribution in [0.25, 0.3) is 0 Å². The zero-order valence-electron chi connectivity index (χ0n) is 14.0. The van der Waals surface area contributed by atoms with Crippen molar-refractivity contribution in [2.24, 2.45) is 28.6 Å². The van der Waals surface area contributed by atoms with Crippen molar-refractivity contribution in [2.45, 2.75) is 53.4 Å². The number of fused-ring (bicyclic) bond motifs is 1. The van der Waals surface area contributed by atoms with Crippen molar-refractivity contribution < 1.29 is 14.8 Å². The van der Waals surface area contributed by atoms with Crippen molar-refractivity contribution in [1.29, 1.82) is 0 Å². The van der Waals surface area contributed by atoms with E-state index < -0.39 is 22.7 Å². The summed E-state index contributed by atoms with van der Waals surface area (Å²) in [5.74, 6) is -1.13. The number of allylic oxidation sites excluding steroid dienone is 2. The zero-order chi connectivity index (χ0) is 16.7. The van der Waals surface area contributed by atoms with Crippen LogP contribution < -0.4 is 0 Å². The highest BCUT2D eigenvalue weighted by Gasteiger charge is 2.65. The molecule has 2 rings (SSSR count). The second-order valence-corrected chi connectivity index (χ2v) is 8.13. The molecule has 0 radical (unpaired) electrons. The zero-order valence-corrected chi connectivity index (χ0v) is 14.0. The van der Waals surface area contributed by atoms with E-state index in [2.05, 4.69) is 13.0 Å². The van der Waals surface area contributed by atoms with Gasteiger partial charge in [-0.2, -0.15) is 0 Å². The van der Waals surface area contributed by atoms with E-state index >= 15 is 0 Å². The minimum Gasteiger partial charge on any atom is -0.481 e. The molecular formula is C17H27NO4. The van der Waals surface area contributed by atoms with Crippen LogP contribution in [0.3, 0.4) is 0 Å². The number of nitrogens with zero attached hydrogens (tertiary/aromatic N) is 1. The normalized spacial score (nSPS) is 31.9. The summed E-state index contributed by atoms with van der Waals surface area (Å²) in [6, 6.07) is 0. The molecular weight excluding hydrogens is 282 g/mol. The van der Waals surface area contributed by atoms with Crippen molar-refractivity contribution in [3.63, 3.8) is 0 Å². The fourth-order valence-electron chi connectivity index (χ4n) is 5.02. The first-order valence-corrected chi connectivity index (χ1v) is 8.16. The lowest BCUT2D eigenvalue weighted by molar-refractivity contribution is -0.510. The Morgan fingerprint density at radius 2 is 2.18 bits per heavy atom. The second-order valence-electron chi connectivity index (χ2n) is 8.13. The number of hydrogen-bond acceptors (Lipinski definition) is 3. The summed E-state index contributed by atoms with van der Waals surface area (Å²) in [6.45, 7) is 7.53. The lowest BCUT2D eigenvalue weighted by Gasteiger charge is -2.55. The molecule has 1 unspecified atom stereocenters. The van der Waals surface area contributed by atoms with Crippen LogP contribution in [0.1, 0.15) is 53.4 Å². The predicted molar refractivity (Wildman–Crippen MR) is 84.1 cm³/mol. The molecule has 5 nitrogen and oxygen atoms in total. The lowest BCUT2D eigenvalue weighted by atomic mass is 9.46. The van der Waals surface area contributed by atoms with Gasteiger partial charge in [0.2, 0.25) is 6.54 Å². The van der Waals surface area contributed by atoms with E-state index in [1.807, 2.05) is 20.8 Å². The predicted octanol–water partition coefficient (Wildman–Crippen LogP) is 3.76. The molecule has 0 aliphatic heterocycles. The third-order valence-corrected chi connectivity index (χ3v) is 5.44. The molecule has 0 amide bonds. The molecule has 0 aromatic carbocycles. The van der Waals surface area contributed by atoms with Crippen LogP contribution in [-0.2, 0) is 4.79 Å². The van der Waals surface area contributed by atoms with Crippen LogP contribution in [0.15, 0.2) is 11.6 Å². The first kappa shape index (κ1) is 17.0.